The molecule has 0 aliphatic carbocycles. The van der Waals surface area contributed by atoms with Crippen molar-refractivity contribution in [2.45, 2.75) is 6.42 Å². The standard InChI is InChI=1S/C19H18F2N4O3S2/c1-23(2)8-3-9-24(16(26)6-4-13-5-7-17(29-13)25(27)28)19-22-18-14(21)10-12(20)11-15(18)30-19/h4-7,10-11H,3,8-9H2,1-2H3/b6-4+. The van der Waals surface area contributed by atoms with Crippen molar-refractivity contribution in [1.29, 1.82) is 0 Å². The average molecular weight is 453 g/mol. The highest BCUT2D eigenvalue weighted by Gasteiger charge is 2.20. The summed E-state index contributed by atoms with van der Waals surface area (Å²) in [6, 6.07) is 4.86. The number of nitro groups is 1. The highest BCUT2D eigenvalue weighted by molar-refractivity contribution is 7.22. The second-order valence-corrected chi connectivity index (χ2v) is 8.75. The molecule has 0 atom stereocenters. The topological polar surface area (TPSA) is 79.6 Å². The van der Waals surface area contributed by atoms with Crippen molar-refractivity contribution in [3.8, 4) is 0 Å². The summed E-state index contributed by atoms with van der Waals surface area (Å²) >= 11 is 1.98. The molecule has 2 aromatic heterocycles. The first-order valence-electron chi connectivity index (χ1n) is 8.88. The van der Waals surface area contributed by atoms with Gasteiger partial charge in [0.15, 0.2) is 10.9 Å². The summed E-state index contributed by atoms with van der Waals surface area (Å²) in [5.41, 5.74) is 0.0136. The van der Waals surface area contributed by atoms with Crippen LogP contribution in [0, 0.1) is 21.7 Å². The fourth-order valence-corrected chi connectivity index (χ4v) is 4.44. The van der Waals surface area contributed by atoms with Crippen molar-refractivity contribution in [3.63, 3.8) is 0 Å². The molecule has 0 aliphatic heterocycles. The Balaban J connectivity index is 1.87. The van der Waals surface area contributed by atoms with E-state index in [0.717, 1.165) is 35.3 Å². The number of carbonyl (C=O) groups is 1. The minimum atomic E-state index is -0.783. The van der Waals surface area contributed by atoms with Crippen molar-refractivity contribution in [2.75, 3.05) is 32.1 Å². The Bertz CT molecular complexity index is 1110. The Kier molecular flexibility index (Phi) is 6.85. The number of fused-ring (bicyclic) bond motifs is 1. The largest absolute Gasteiger partial charge is 0.324 e. The second-order valence-electron chi connectivity index (χ2n) is 6.64. The fourth-order valence-electron chi connectivity index (χ4n) is 2.68. The molecule has 7 nitrogen and oxygen atoms in total. The van der Waals surface area contributed by atoms with Crippen molar-refractivity contribution >= 4 is 55.0 Å². The summed E-state index contributed by atoms with van der Waals surface area (Å²) < 4.78 is 27.9. The van der Waals surface area contributed by atoms with Crippen molar-refractivity contribution < 1.29 is 18.5 Å². The van der Waals surface area contributed by atoms with E-state index in [9.17, 15) is 23.7 Å². The van der Waals surface area contributed by atoms with Gasteiger partial charge in [0.1, 0.15) is 11.3 Å². The first-order valence-corrected chi connectivity index (χ1v) is 10.5. The second kappa shape index (κ2) is 9.37. The van der Waals surface area contributed by atoms with Crippen LogP contribution >= 0.6 is 22.7 Å². The molecule has 0 N–H and O–H groups in total. The van der Waals surface area contributed by atoms with E-state index < -0.39 is 22.5 Å². The number of nitrogens with zero attached hydrogens (tertiary/aromatic N) is 4. The van der Waals surface area contributed by atoms with Gasteiger partial charge in [-0.25, -0.2) is 13.8 Å². The first kappa shape index (κ1) is 21.9. The van der Waals surface area contributed by atoms with E-state index in [1.165, 1.54) is 29.2 Å². The lowest BCUT2D eigenvalue weighted by Crippen LogP contribution is -2.32. The van der Waals surface area contributed by atoms with E-state index in [2.05, 4.69) is 4.98 Å². The SMILES string of the molecule is CN(C)CCCN(C(=O)/C=C/c1ccc([N+](=O)[O-])s1)c1nc2c(F)cc(F)cc2s1. The average Bonchev–Trinajstić information content (AvgIpc) is 3.30. The van der Waals surface area contributed by atoms with Crippen molar-refractivity contribution in [2.24, 2.45) is 0 Å². The van der Waals surface area contributed by atoms with E-state index in [0.29, 0.717) is 22.5 Å². The molecule has 1 amide bonds. The number of anilines is 1. The molecule has 0 spiro atoms. The Morgan fingerprint density at radius 1 is 1.23 bits per heavy atom. The van der Waals surface area contributed by atoms with Crippen LogP contribution in [0.1, 0.15) is 11.3 Å². The summed E-state index contributed by atoms with van der Waals surface area (Å²) in [4.78, 5) is 31.3. The molecule has 0 saturated carbocycles. The maximum Gasteiger partial charge on any atom is 0.324 e. The fraction of sp³-hybridized carbons (Fsp3) is 0.263. The van der Waals surface area contributed by atoms with Crippen LogP contribution in [0.5, 0.6) is 0 Å². The minimum absolute atomic E-state index is 0.0136. The minimum Gasteiger partial charge on any atom is -0.309 e. The molecule has 0 fully saturated rings. The van der Waals surface area contributed by atoms with Gasteiger partial charge in [-0.15, -0.1) is 0 Å². The number of halogens is 2. The van der Waals surface area contributed by atoms with Crippen molar-refractivity contribution in [1.82, 2.24) is 9.88 Å². The van der Waals surface area contributed by atoms with E-state index >= 15 is 0 Å². The van der Waals surface area contributed by atoms with E-state index in [-0.39, 0.29) is 15.6 Å². The third-order valence-electron chi connectivity index (χ3n) is 4.07. The molecule has 0 unspecified atom stereocenters. The molecular weight excluding hydrogens is 434 g/mol. The van der Waals surface area contributed by atoms with E-state index in [1.807, 2.05) is 19.0 Å². The number of benzene rings is 1. The highest BCUT2D eigenvalue weighted by Crippen LogP contribution is 2.32. The summed E-state index contributed by atoms with van der Waals surface area (Å²) in [5.74, 6) is -1.89. The lowest BCUT2D eigenvalue weighted by molar-refractivity contribution is -0.380. The van der Waals surface area contributed by atoms with Gasteiger partial charge in [0.25, 0.3) is 5.91 Å². The Labute approximate surface area is 179 Å². The monoisotopic (exact) mass is 452 g/mol. The zero-order valence-corrected chi connectivity index (χ0v) is 17.8. The third kappa shape index (κ3) is 5.23. The summed E-state index contributed by atoms with van der Waals surface area (Å²) in [7, 11) is 3.82. The van der Waals surface area contributed by atoms with Gasteiger partial charge in [0, 0.05) is 29.6 Å². The Morgan fingerprint density at radius 3 is 2.67 bits per heavy atom. The quantitative estimate of drug-likeness (QED) is 0.285. The van der Waals surface area contributed by atoms with Crippen LogP contribution in [-0.2, 0) is 4.79 Å². The van der Waals surface area contributed by atoms with Gasteiger partial charge in [-0.2, -0.15) is 0 Å². The number of aromatic nitrogens is 1. The number of carbonyl (C=O) groups excluding carboxylic acids is 1. The molecule has 11 heteroatoms. The van der Waals surface area contributed by atoms with Gasteiger partial charge in [0.2, 0.25) is 0 Å². The van der Waals surface area contributed by atoms with Gasteiger partial charge in [-0.3, -0.25) is 19.8 Å². The van der Waals surface area contributed by atoms with Crippen LogP contribution < -0.4 is 4.90 Å². The molecule has 0 aliphatic rings. The normalized spacial score (nSPS) is 11.6. The van der Waals surface area contributed by atoms with Crippen LogP contribution in [0.25, 0.3) is 16.3 Å². The van der Waals surface area contributed by atoms with Crippen molar-refractivity contribution in [3.05, 3.63) is 57.0 Å². The molecule has 158 valence electrons. The first-order chi connectivity index (χ1) is 14.2. The van der Waals surface area contributed by atoms with Crippen LogP contribution in [0.15, 0.2) is 30.3 Å². The zero-order chi connectivity index (χ0) is 21.8. The van der Waals surface area contributed by atoms with E-state index in [1.54, 1.807) is 6.07 Å². The van der Waals surface area contributed by atoms with Gasteiger partial charge >= 0.3 is 5.00 Å². The number of rotatable bonds is 8. The molecule has 0 bridgehead atoms. The third-order valence-corrected chi connectivity index (χ3v) is 6.10. The summed E-state index contributed by atoms with van der Waals surface area (Å²) in [6.07, 6.45) is 3.44. The predicted octanol–water partition coefficient (Wildman–Crippen LogP) is 4.54. The molecule has 3 rings (SSSR count). The number of thiophene rings is 1. The molecule has 1 aromatic carbocycles. The van der Waals surface area contributed by atoms with Crippen LogP contribution in [0.4, 0.5) is 18.9 Å². The highest BCUT2D eigenvalue weighted by atomic mass is 32.1. The molecule has 3 aromatic rings. The maximum atomic E-state index is 14.0. The molecule has 30 heavy (non-hydrogen) atoms. The number of amides is 1. The lowest BCUT2D eigenvalue weighted by atomic mass is 10.3. The Morgan fingerprint density at radius 2 is 2.00 bits per heavy atom. The lowest BCUT2D eigenvalue weighted by Gasteiger charge is -2.19. The van der Waals surface area contributed by atoms with Gasteiger partial charge in [-0.1, -0.05) is 22.7 Å². The molecular formula is C19H18F2N4O3S2. The number of hydrogen-bond acceptors (Lipinski definition) is 7. The van der Waals surface area contributed by atoms with Gasteiger partial charge in [0.05, 0.1) is 9.62 Å². The van der Waals surface area contributed by atoms with Crippen LogP contribution in [-0.4, -0.2) is 47.9 Å². The molecule has 0 radical (unpaired) electrons. The number of hydrogen-bond donors (Lipinski definition) is 0. The summed E-state index contributed by atoms with van der Waals surface area (Å²) in [6.45, 7) is 1.05. The maximum absolute atomic E-state index is 14.0. The van der Waals surface area contributed by atoms with Crippen LogP contribution in [0.2, 0.25) is 0 Å². The van der Waals surface area contributed by atoms with E-state index in [4.69, 9.17) is 0 Å². The summed E-state index contributed by atoms with van der Waals surface area (Å²) in [5, 5.41) is 11.0. The Hall–Kier alpha value is -2.76. The smallest absolute Gasteiger partial charge is 0.309 e. The predicted molar refractivity (Wildman–Crippen MR) is 115 cm³/mol. The molecule has 0 saturated heterocycles. The molecule has 2 heterocycles. The zero-order valence-electron chi connectivity index (χ0n) is 16.2. The van der Waals surface area contributed by atoms with Gasteiger partial charge < -0.3 is 4.90 Å². The van der Waals surface area contributed by atoms with Crippen LogP contribution in [0.3, 0.4) is 0 Å². The number of thiazole rings is 1. The van der Waals surface area contributed by atoms with Gasteiger partial charge in [-0.05, 0) is 45.3 Å².